The number of benzene rings is 12. The molecule has 12 aromatic carbocycles. The van der Waals surface area contributed by atoms with Gasteiger partial charge in [0.25, 0.3) is 0 Å². The van der Waals surface area contributed by atoms with E-state index in [0.29, 0.717) is 0 Å². The van der Waals surface area contributed by atoms with Crippen molar-refractivity contribution < 1.29 is 0 Å². The van der Waals surface area contributed by atoms with Crippen LogP contribution < -0.4 is 42.0 Å². The largest absolute Gasteiger partial charge is 0.310 e. The van der Waals surface area contributed by atoms with E-state index in [2.05, 4.69) is 379 Å². The molecule has 2 aliphatic heterocycles. The van der Waals surface area contributed by atoms with E-state index in [1.165, 1.54) is 154 Å². The highest BCUT2D eigenvalue weighted by Crippen LogP contribution is 2.50. The zero-order valence-corrected chi connectivity index (χ0v) is 60.2. The fourth-order valence-electron chi connectivity index (χ4n) is 16.4. The third-order valence-electron chi connectivity index (χ3n) is 21.6. The maximum atomic E-state index is 2.75. The first-order valence-corrected chi connectivity index (χ1v) is 37.1. The number of anilines is 3. The molecule has 2 aliphatic rings. The van der Waals surface area contributed by atoms with Gasteiger partial charge in [0, 0.05) is 55.4 Å². The second kappa shape index (κ2) is 22.2. The van der Waals surface area contributed by atoms with Gasteiger partial charge in [-0.05, 0) is 177 Å². The molecule has 0 atom stereocenters. The lowest BCUT2D eigenvalue weighted by atomic mass is 9.34. The molecular formula is C92H88BN3Si. The maximum Gasteiger partial charge on any atom is 0.246 e. The van der Waals surface area contributed by atoms with E-state index < -0.39 is 8.07 Å². The monoisotopic (exact) mass is 1270 g/mol. The second-order valence-corrected chi connectivity index (χ2v) is 36.7. The van der Waals surface area contributed by atoms with Crippen LogP contribution in [-0.2, 0) is 27.1 Å². The summed E-state index contributed by atoms with van der Waals surface area (Å²) in [7, 11) is -3.39. The minimum absolute atomic E-state index is 0.0279. The molecule has 0 N–H and O–H groups in total. The Hall–Kier alpha value is -9.68. The number of hydrogen-bond donors (Lipinski definition) is 0. The Bertz CT molecular complexity index is 5230. The van der Waals surface area contributed by atoms with Gasteiger partial charge in [-0.15, -0.1) is 0 Å². The minimum Gasteiger partial charge on any atom is -0.310 e. The smallest absolute Gasteiger partial charge is 0.246 e. The van der Waals surface area contributed by atoms with Crippen LogP contribution in [0.25, 0.3) is 77.2 Å². The van der Waals surface area contributed by atoms with Gasteiger partial charge in [-0.3, -0.25) is 0 Å². The average Bonchev–Trinajstić information content (AvgIpc) is 1.27. The maximum absolute atomic E-state index is 3.39. The summed E-state index contributed by atoms with van der Waals surface area (Å²) in [4.78, 5) is 2.75. The van der Waals surface area contributed by atoms with Gasteiger partial charge < -0.3 is 14.0 Å². The Morgan fingerprint density at radius 3 is 1.05 bits per heavy atom. The minimum atomic E-state index is -3.39. The van der Waals surface area contributed by atoms with E-state index in [4.69, 9.17) is 0 Å². The first kappa shape index (κ1) is 62.1. The average molecular weight is 1270 g/mol. The van der Waals surface area contributed by atoms with Crippen LogP contribution in [0.5, 0.6) is 0 Å². The molecule has 0 amide bonds. The molecule has 0 spiro atoms. The third kappa shape index (κ3) is 9.95. The van der Waals surface area contributed by atoms with Crippen molar-refractivity contribution in [2.45, 2.75) is 131 Å². The summed E-state index contributed by atoms with van der Waals surface area (Å²) in [5.41, 5.74) is 25.7. The van der Waals surface area contributed by atoms with E-state index >= 15 is 0 Å². The third-order valence-corrected chi connectivity index (χ3v) is 26.5. The van der Waals surface area contributed by atoms with Crippen LogP contribution in [0.1, 0.15) is 132 Å². The van der Waals surface area contributed by atoms with Gasteiger partial charge in [0.05, 0.1) is 27.8 Å². The summed E-state index contributed by atoms with van der Waals surface area (Å²) in [6, 6.07) is 102. The van der Waals surface area contributed by atoms with Crippen LogP contribution in [0, 0.1) is 0 Å². The molecule has 16 rings (SSSR count). The number of nitrogens with zero attached hydrogens (tertiary/aromatic N) is 3. The summed E-state index contributed by atoms with van der Waals surface area (Å²) < 4.78 is 5.17. The molecule has 5 heteroatoms. The highest BCUT2D eigenvalue weighted by atomic mass is 28.3. The second-order valence-electron chi connectivity index (χ2n) is 33.0. The van der Waals surface area contributed by atoms with E-state index in [1.807, 2.05) is 0 Å². The Balaban J connectivity index is 1.07. The SMILES string of the molecule is CC(C)(C)c1cc2c3c(c1)[Si](c1ccccc1)(c1ccccc1)c1cc(-n4c5ccc(C(C)(C)C)cc5c5cc(C(C)(C)C)ccc54)ccc1B3c1ccc(-n3c4ccc(C(C)(C)C)cc4c4cc(C(C)(C)C)ccc43)cc1N2c1c(-c2ccccc2)cccc1-c1ccccc1. The Labute approximate surface area is 576 Å². The highest BCUT2D eigenvalue weighted by Gasteiger charge is 2.54. The van der Waals surface area contributed by atoms with Gasteiger partial charge in [-0.1, -0.05) is 291 Å². The Morgan fingerprint density at radius 1 is 0.289 bits per heavy atom. The predicted octanol–water partition coefficient (Wildman–Crippen LogP) is 19.7. The van der Waals surface area contributed by atoms with Gasteiger partial charge in [0.2, 0.25) is 6.71 Å². The zero-order chi connectivity index (χ0) is 67.5. The van der Waals surface area contributed by atoms with Gasteiger partial charge >= 0.3 is 0 Å². The molecule has 0 saturated carbocycles. The van der Waals surface area contributed by atoms with E-state index in [9.17, 15) is 0 Å². The molecule has 3 nitrogen and oxygen atoms in total. The van der Waals surface area contributed by atoms with E-state index in [-0.39, 0.29) is 33.8 Å². The number of hydrogen-bond acceptors (Lipinski definition) is 1. The van der Waals surface area contributed by atoms with Gasteiger partial charge in [-0.2, -0.15) is 0 Å². The standard InChI is InChI=1S/C92H88BN3Si/c1-88(2,3)61-39-47-78-72(51-61)73-52-62(89(4,5)6)40-48-79(73)94(78)66-43-45-76-82(57-66)96(87-70(59-29-20-16-21-30-59)37-28-38-71(87)60-31-22-17-23-32-60)83-55-65(92(13,14)15)56-85-86(83)93(76)77-46-44-67(58-84(77)97(85,68-33-24-18-25-34-68)69-35-26-19-27-36-69)95-80-49-41-63(90(7,8)9)53-74(80)75-54-64(91(10,11)12)42-50-81(75)95/h16-58H,1-15H3. The molecular weight excluding hydrogens is 1190 g/mol. The topological polar surface area (TPSA) is 13.1 Å². The van der Waals surface area contributed by atoms with Crippen molar-refractivity contribution >= 4 is 113 Å². The van der Waals surface area contributed by atoms with E-state index in [1.54, 1.807) is 0 Å². The van der Waals surface area contributed by atoms with Crippen LogP contribution in [0.2, 0.25) is 0 Å². The number of para-hydroxylation sites is 1. The van der Waals surface area contributed by atoms with Crippen LogP contribution in [-0.4, -0.2) is 23.9 Å². The lowest BCUT2D eigenvalue weighted by Crippen LogP contribution is -2.87. The number of fused-ring (bicyclic) bond motifs is 10. The molecule has 4 heterocycles. The summed E-state index contributed by atoms with van der Waals surface area (Å²) in [5, 5.41) is 10.8. The Kier molecular flexibility index (Phi) is 14.2. The summed E-state index contributed by atoms with van der Waals surface area (Å²) in [6.45, 7) is 35.2. The van der Waals surface area contributed by atoms with Crippen LogP contribution in [0.15, 0.2) is 261 Å². The van der Waals surface area contributed by atoms with Gasteiger partial charge in [-0.25, -0.2) is 0 Å². The molecule has 14 aromatic rings. The van der Waals surface area contributed by atoms with Crippen molar-refractivity contribution in [3.63, 3.8) is 0 Å². The normalized spacial score (nSPS) is 14.0. The molecule has 0 bridgehead atoms. The highest BCUT2D eigenvalue weighted by molar-refractivity contribution is 7.26. The molecule has 0 fully saturated rings. The molecule has 0 aliphatic carbocycles. The predicted molar refractivity (Wildman–Crippen MR) is 422 cm³/mol. The first-order chi connectivity index (χ1) is 46.3. The lowest BCUT2D eigenvalue weighted by Gasteiger charge is -2.48. The Morgan fingerprint density at radius 2 is 0.660 bits per heavy atom. The van der Waals surface area contributed by atoms with Gasteiger partial charge in [0.1, 0.15) is 0 Å². The van der Waals surface area contributed by atoms with E-state index in [0.717, 1.165) is 5.69 Å². The van der Waals surface area contributed by atoms with Gasteiger partial charge in [0.15, 0.2) is 8.07 Å². The van der Waals surface area contributed by atoms with Crippen molar-refractivity contribution in [2.24, 2.45) is 0 Å². The fourth-order valence-corrected chi connectivity index (χ4v) is 21.7. The quantitative estimate of drug-likeness (QED) is 0.145. The molecule has 97 heavy (non-hydrogen) atoms. The first-order valence-electron chi connectivity index (χ1n) is 35.1. The van der Waals surface area contributed by atoms with Crippen molar-refractivity contribution in [1.29, 1.82) is 0 Å². The summed E-state index contributed by atoms with van der Waals surface area (Å²) in [5.74, 6) is 0. The van der Waals surface area contributed by atoms with Crippen LogP contribution in [0.3, 0.4) is 0 Å². The van der Waals surface area contributed by atoms with Crippen molar-refractivity contribution in [2.75, 3.05) is 4.90 Å². The molecule has 0 saturated heterocycles. The lowest BCUT2D eigenvalue weighted by molar-refractivity contribution is 0.590. The molecule has 0 unspecified atom stereocenters. The van der Waals surface area contributed by atoms with Crippen molar-refractivity contribution in [1.82, 2.24) is 9.13 Å². The van der Waals surface area contributed by atoms with Crippen LogP contribution >= 0.6 is 0 Å². The van der Waals surface area contributed by atoms with Crippen LogP contribution in [0.4, 0.5) is 17.1 Å². The molecule has 2 aromatic heterocycles. The molecule has 478 valence electrons. The fraction of sp³-hybridized carbons (Fsp3) is 0.217. The van der Waals surface area contributed by atoms with Crippen molar-refractivity contribution in [3.05, 3.63) is 289 Å². The summed E-state index contributed by atoms with van der Waals surface area (Å²) >= 11 is 0. The number of aromatic nitrogens is 2. The number of rotatable bonds is 7. The zero-order valence-electron chi connectivity index (χ0n) is 59.2. The summed E-state index contributed by atoms with van der Waals surface area (Å²) in [6.07, 6.45) is 0. The van der Waals surface area contributed by atoms with Crippen molar-refractivity contribution in [3.8, 4) is 33.6 Å². The molecule has 0 radical (unpaired) electrons.